The second-order valence-corrected chi connectivity index (χ2v) is 4.23. The molecule has 6 heteroatoms. The van der Waals surface area contributed by atoms with Crippen molar-refractivity contribution in [3.63, 3.8) is 0 Å². The van der Waals surface area contributed by atoms with Gasteiger partial charge in [-0.2, -0.15) is 0 Å². The van der Waals surface area contributed by atoms with Crippen molar-refractivity contribution in [3.05, 3.63) is 24.4 Å². The van der Waals surface area contributed by atoms with Gasteiger partial charge >= 0.3 is 6.16 Å². The lowest BCUT2D eigenvalue weighted by Gasteiger charge is -2.09. The summed E-state index contributed by atoms with van der Waals surface area (Å²) in [5.41, 5.74) is 0. The summed E-state index contributed by atoms with van der Waals surface area (Å²) in [5, 5.41) is 19.7. The molecule has 0 fully saturated rings. The van der Waals surface area contributed by atoms with E-state index in [4.69, 9.17) is 9.84 Å². The van der Waals surface area contributed by atoms with Gasteiger partial charge in [0.15, 0.2) is 5.75 Å². The zero-order valence-electron chi connectivity index (χ0n) is 11.0. The maximum atomic E-state index is 10.5. The quantitative estimate of drug-likeness (QED) is 0.644. The molecule has 6 nitrogen and oxygen atoms in total. The minimum Gasteiger partial charge on any atom is -0.503 e. The Morgan fingerprint density at radius 1 is 1.40 bits per heavy atom. The Kier molecular flexibility index (Phi) is 4.24. The van der Waals surface area contributed by atoms with Crippen LogP contribution in [0, 0.1) is 0 Å². The van der Waals surface area contributed by atoms with Crippen LogP contribution in [0.1, 0.15) is 19.8 Å². The predicted octanol–water partition coefficient (Wildman–Crippen LogP) is 3.18. The van der Waals surface area contributed by atoms with E-state index in [0.717, 1.165) is 12.8 Å². The molecule has 2 N–H and O–H groups in total. The molecule has 1 aromatic carbocycles. The average molecular weight is 277 g/mol. The van der Waals surface area contributed by atoms with Gasteiger partial charge < -0.3 is 19.7 Å². The first-order chi connectivity index (χ1) is 9.61. The number of rotatable bonds is 5. The summed E-state index contributed by atoms with van der Waals surface area (Å²) >= 11 is 0. The molecule has 20 heavy (non-hydrogen) atoms. The fourth-order valence-electron chi connectivity index (χ4n) is 1.74. The Morgan fingerprint density at radius 2 is 2.20 bits per heavy atom. The van der Waals surface area contributed by atoms with Crippen molar-refractivity contribution in [2.45, 2.75) is 19.8 Å². The van der Waals surface area contributed by atoms with Crippen LogP contribution in [0.3, 0.4) is 0 Å². The van der Waals surface area contributed by atoms with Gasteiger partial charge in [-0.1, -0.05) is 13.3 Å². The molecule has 1 aromatic heterocycles. The van der Waals surface area contributed by atoms with Crippen LogP contribution in [0.5, 0.6) is 17.4 Å². The first-order valence-electron chi connectivity index (χ1n) is 6.27. The van der Waals surface area contributed by atoms with Crippen LogP contribution in [-0.2, 0) is 0 Å². The predicted molar refractivity (Wildman–Crippen MR) is 72.5 cm³/mol. The largest absolute Gasteiger partial charge is 0.512 e. The van der Waals surface area contributed by atoms with Crippen molar-refractivity contribution in [2.24, 2.45) is 0 Å². The number of pyridine rings is 1. The Balaban J connectivity index is 2.33. The Hall–Kier alpha value is -2.50. The maximum Gasteiger partial charge on any atom is 0.512 e. The van der Waals surface area contributed by atoms with E-state index in [9.17, 15) is 9.90 Å². The molecular weight excluding hydrogens is 262 g/mol. The number of aromatic nitrogens is 1. The van der Waals surface area contributed by atoms with E-state index in [1.54, 1.807) is 18.2 Å². The Labute approximate surface area is 115 Å². The molecule has 0 aliphatic rings. The number of fused-ring (bicyclic) bond motifs is 1. The number of benzene rings is 1. The summed E-state index contributed by atoms with van der Waals surface area (Å²) in [7, 11) is 0. The minimum atomic E-state index is -1.53. The van der Waals surface area contributed by atoms with Gasteiger partial charge in [-0.15, -0.1) is 0 Å². The monoisotopic (exact) mass is 277 g/mol. The third kappa shape index (κ3) is 3.09. The first-order valence-corrected chi connectivity index (χ1v) is 6.27. The highest BCUT2D eigenvalue weighted by Crippen LogP contribution is 2.34. The number of carbonyl (C=O) groups is 1. The molecule has 1 heterocycles. The SMILES string of the molecule is CCCCOc1ccc2cnc(OC(=O)O)c(O)c2c1. The molecule has 0 atom stereocenters. The number of carboxylic acid groups (broad SMARTS) is 1. The van der Waals surface area contributed by atoms with Gasteiger partial charge in [0.05, 0.1) is 6.61 Å². The number of hydrogen-bond acceptors (Lipinski definition) is 5. The van der Waals surface area contributed by atoms with E-state index in [1.165, 1.54) is 6.20 Å². The third-order valence-corrected chi connectivity index (χ3v) is 2.75. The lowest BCUT2D eigenvalue weighted by Crippen LogP contribution is -2.04. The summed E-state index contributed by atoms with van der Waals surface area (Å²) in [5.74, 6) is -0.0460. The maximum absolute atomic E-state index is 10.5. The van der Waals surface area contributed by atoms with E-state index in [-0.39, 0.29) is 11.6 Å². The second kappa shape index (κ2) is 6.10. The van der Waals surface area contributed by atoms with Crippen LogP contribution >= 0.6 is 0 Å². The molecule has 0 bridgehead atoms. The minimum absolute atomic E-state index is 0.314. The fourth-order valence-corrected chi connectivity index (χ4v) is 1.74. The Morgan fingerprint density at radius 3 is 2.90 bits per heavy atom. The highest BCUT2D eigenvalue weighted by atomic mass is 16.7. The van der Waals surface area contributed by atoms with Gasteiger partial charge in [0.2, 0.25) is 0 Å². The second-order valence-electron chi connectivity index (χ2n) is 4.23. The van der Waals surface area contributed by atoms with E-state index in [2.05, 4.69) is 16.6 Å². The van der Waals surface area contributed by atoms with Crippen LogP contribution in [-0.4, -0.2) is 28.0 Å². The van der Waals surface area contributed by atoms with E-state index in [0.29, 0.717) is 23.1 Å². The van der Waals surface area contributed by atoms with Gasteiger partial charge in [0.1, 0.15) is 5.75 Å². The molecule has 0 radical (unpaired) electrons. The normalized spacial score (nSPS) is 10.4. The van der Waals surface area contributed by atoms with Crippen molar-refractivity contribution in [3.8, 4) is 17.4 Å². The van der Waals surface area contributed by atoms with Gasteiger partial charge in [-0.05, 0) is 24.6 Å². The van der Waals surface area contributed by atoms with E-state index >= 15 is 0 Å². The van der Waals surface area contributed by atoms with Crippen molar-refractivity contribution in [1.29, 1.82) is 0 Å². The number of hydrogen-bond donors (Lipinski definition) is 2. The standard InChI is InChI=1S/C14H15NO5/c1-2-3-6-19-10-5-4-9-8-15-13(20-14(17)18)12(16)11(9)7-10/h4-5,7-8,16H,2-3,6H2,1H3,(H,17,18). The molecule has 0 unspecified atom stereocenters. The zero-order chi connectivity index (χ0) is 14.5. The number of unbranched alkanes of at least 4 members (excludes halogenated alkanes) is 1. The molecule has 0 spiro atoms. The highest BCUT2D eigenvalue weighted by Gasteiger charge is 2.13. The lowest BCUT2D eigenvalue weighted by atomic mass is 10.1. The van der Waals surface area contributed by atoms with Gasteiger partial charge in [-0.25, -0.2) is 9.78 Å². The summed E-state index contributed by atoms with van der Waals surface area (Å²) in [6, 6.07) is 5.15. The van der Waals surface area contributed by atoms with Crippen molar-refractivity contribution in [1.82, 2.24) is 4.98 Å². The van der Waals surface area contributed by atoms with Crippen LogP contribution in [0.2, 0.25) is 0 Å². The van der Waals surface area contributed by atoms with Gasteiger partial charge in [-0.3, -0.25) is 0 Å². The van der Waals surface area contributed by atoms with Crippen LogP contribution < -0.4 is 9.47 Å². The topological polar surface area (TPSA) is 88.9 Å². The summed E-state index contributed by atoms with van der Waals surface area (Å²) in [4.78, 5) is 14.3. The molecule has 0 saturated carbocycles. The smallest absolute Gasteiger partial charge is 0.503 e. The number of ether oxygens (including phenoxy) is 2. The van der Waals surface area contributed by atoms with Crippen molar-refractivity contribution >= 4 is 16.9 Å². The van der Waals surface area contributed by atoms with Crippen molar-refractivity contribution < 1.29 is 24.5 Å². The molecule has 106 valence electrons. The molecule has 0 saturated heterocycles. The van der Waals surface area contributed by atoms with Gasteiger partial charge in [0.25, 0.3) is 5.88 Å². The molecule has 2 aromatic rings. The molecule has 2 rings (SSSR count). The summed E-state index contributed by atoms with van der Waals surface area (Å²) < 4.78 is 9.95. The fraction of sp³-hybridized carbons (Fsp3) is 0.286. The molecular formula is C14H15NO5. The molecule has 0 amide bonds. The van der Waals surface area contributed by atoms with Crippen LogP contribution in [0.25, 0.3) is 10.8 Å². The number of nitrogens with zero attached hydrogens (tertiary/aromatic N) is 1. The summed E-state index contributed by atoms with van der Waals surface area (Å²) in [6.45, 7) is 2.66. The Bertz CT molecular complexity index is 626. The average Bonchev–Trinajstić information content (AvgIpc) is 2.42. The van der Waals surface area contributed by atoms with Gasteiger partial charge in [0, 0.05) is 17.0 Å². The van der Waals surface area contributed by atoms with Crippen molar-refractivity contribution in [2.75, 3.05) is 6.61 Å². The van der Waals surface area contributed by atoms with E-state index in [1.807, 2.05) is 0 Å². The summed E-state index contributed by atoms with van der Waals surface area (Å²) in [6.07, 6.45) is 1.87. The van der Waals surface area contributed by atoms with Crippen LogP contribution in [0.15, 0.2) is 24.4 Å². The molecule has 0 aliphatic heterocycles. The third-order valence-electron chi connectivity index (χ3n) is 2.75. The van der Waals surface area contributed by atoms with E-state index < -0.39 is 6.16 Å². The first kappa shape index (κ1) is 13.9. The molecule has 0 aliphatic carbocycles. The highest BCUT2D eigenvalue weighted by molar-refractivity contribution is 5.90. The number of aromatic hydroxyl groups is 1. The van der Waals surface area contributed by atoms with Crippen LogP contribution in [0.4, 0.5) is 4.79 Å². The lowest BCUT2D eigenvalue weighted by molar-refractivity contribution is 0.141. The zero-order valence-corrected chi connectivity index (χ0v) is 11.0.